The van der Waals surface area contributed by atoms with Crippen LogP contribution in [0.5, 0.6) is 0 Å². The van der Waals surface area contributed by atoms with Crippen LogP contribution < -0.4 is 29.6 Å². The Hall–Kier alpha value is 0.960. The summed E-state index contributed by atoms with van der Waals surface area (Å²) in [5, 5.41) is 9.15. The largest absolute Gasteiger partial charge is 1.00 e. The van der Waals surface area contributed by atoms with Crippen LogP contribution in [0.4, 0.5) is 0 Å². The number of aliphatic hydroxyl groups is 1. The van der Waals surface area contributed by atoms with E-state index in [0.29, 0.717) is 0 Å². The van der Waals surface area contributed by atoms with Crippen molar-refractivity contribution in [3.05, 3.63) is 0 Å². The number of hydrogen-bond donors (Lipinski definition) is 1. The molecule has 0 aliphatic heterocycles. The summed E-state index contributed by atoms with van der Waals surface area (Å²) in [5.41, 5.74) is -0.448. The SMILES string of the molecule is CCCCC(C)(C)O.[H-].[Na+]. The molecule has 9 heavy (non-hydrogen) atoms. The first-order valence-corrected chi connectivity index (χ1v) is 3.28. The van der Waals surface area contributed by atoms with Gasteiger partial charge >= 0.3 is 29.6 Å². The van der Waals surface area contributed by atoms with E-state index in [0.717, 1.165) is 12.8 Å². The second-order valence-corrected chi connectivity index (χ2v) is 2.92. The minimum Gasteiger partial charge on any atom is -1.00 e. The number of hydrogen-bond acceptors (Lipinski definition) is 1. The van der Waals surface area contributed by atoms with Crippen molar-refractivity contribution in [3.8, 4) is 0 Å². The van der Waals surface area contributed by atoms with Crippen LogP contribution in [0.2, 0.25) is 0 Å². The van der Waals surface area contributed by atoms with Crippen LogP contribution in [0.25, 0.3) is 0 Å². The Balaban J connectivity index is -0.000000245. The Morgan fingerprint density at radius 2 is 1.89 bits per heavy atom. The molecular weight excluding hydrogens is 123 g/mol. The van der Waals surface area contributed by atoms with Crippen LogP contribution in [0.1, 0.15) is 41.5 Å². The van der Waals surface area contributed by atoms with E-state index in [9.17, 15) is 0 Å². The molecule has 0 atom stereocenters. The van der Waals surface area contributed by atoms with Gasteiger partial charge in [0.15, 0.2) is 0 Å². The first kappa shape index (κ1) is 12.6. The standard InChI is InChI=1S/C7H16O.Na.H/c1-4-5-6-7(2,3)8;;/h8H,4-6H2,1-3H3;;/q;+1;-1. The van der Waals surface area contributed by atoms with E-state index in [1.54, 1.807) is 0 Å². The molecule has 0 fully saturated rings. The first-order valence-electron chi connectivity index (χ1n) is 3.28. The Kier molecular flexibility index (Phi) is 8.02. The molecule has 1 nitrogen and oxygen atoms in total. The van der Waals surface area contributed by atoms with Crippen molar-refractivity contribution < 1.29 is 36.1 Å². The summed E-state index contributed by atoms with van der Waals surface area (Å²) < 4.78 is 0. The van der Waals surface area contributed by atoms with Gasteiger partial charge in [-0.3, -0.25) is 0 Å². The first-order chi connectivity index (χ1) is 3.56. The monoisotopic (exact) mass is 140 g/mol. The van der Waals surface area contributed by atoms with E-state index in [4.69, 9.17) is 5.11 Å². The molecule has 0 amide bonds. The predicted octanol–water partition coefficient (Wildman–Crippen LogP) is -0.936. The molecule has 0 spiro atoms. The smallest absolute Gasteiger partial charge is 1.00 e. The molecule has 0 aromatic rings. The molecule has 0 radical (unpaired) electrons. The molecule has 0 saturated heterocycles. The van der Waals surface area contributed by atoms with E-state index in [2.05, 4.69) is 6.92 Å². The van der Waals surface area contributed by atoms with Gasteiger partial charge in [0.2, 0.25) is 0 Å². The minimum atomic E-state index is -0.448. The third-order valence-electron chi connectivity index (χ3n) is 1.14. The van der Waals surface area contributed by atoms with E-state index in [1.807, 2.05) is 13.8 Å². The van der Waals surface area contributed by atoms with Crippen LogP contribution in [0, 0.1) is 0 Å². The second kappa shape index (κ2) is 5.72. The topological polar surface area (TPSA) is 20.2 Å². The van der Waals surface area contributed by atoms with Crippen LogP contribution in [0.3, 0.4) is 0 Å². The van der Waals surface area contributed by atoms with Gasteiger partial charge in [-0.15, -0.1) is 0 Å². The number of unbranched alkanes of at least 4 members (excludes halogenated alkanes) is 1. The molecule has 52 valence electrons. The summed E-state index contributed by atoms with van der Waals surface area (Å²) in [4.78, 5) is 0. The van der Waals surface area contributed by atoms with Crippen molar-refractivity contribution in [2.24, 2.45) is 0 Å². The fraction of sp³-hybridized carbons (Fsp3) is 1.00. The molecule has 1 N–H and O–H groups in total. The van der Waals surface area contributed by atoms with Crippen molar-refractivity contribution in [2.75, 3.05) is 0 Å². The molecular formula is C7H17NaO. The summed E-state index contributed by atoms with van der Waals surface area (Å²) >= 11 is 0. The maximum absolute atomic E-state index is 9.15. The summed E-state index contributed by atoms with van der Waals surface area (Å²) in [6, 6.07) is 0. The van der Waals surface area contributed by atoms with Gasteiger partial charge in [0.25, 0.3) is 0 Å². The average molecular weight is 140 g/mol. The zero-order valence-corrected chi connectivity index (χ0v) is 9.07. The van der Waals surface area contributed by atoms with Crippen molar-refractivity contribution >= 4 is 0 Å². The molecule has 0 aromatic carbocycles. The average Bonchev–Trinajstić information content (AvgIpc) is 1.59. The zero-order chi connectivity index (χ0) is 6.62. The summed E-state index contributed by atoms with van der Waals surface area (Å²) in [5.74, 6) is 0. The fourth-order valence-electron chi connectivity index (χ4n) is 0.609. The Labute approximate surface area is 81.6 Å². The zero-order valence-electron chi connectivity index (χ0n) is 8.07. The summed E-state index contributed by atoms with van der Waals surface area (Å²) in [7, 11) is 0. The van der Waals surface area contributed by atoms with Gasteiger partial charge in [-0.1, -0.05) is 19.8 Å². The van der Waals surface area contributed by atoms with E-state index in [-0.39, 0.29) is 31.0 Å². The van der Waals surface area contributed by atoms with Crippen LogP contribution in [-0.4, -0.2) is 10.7 Å². The molecule has 0 unspecified atom stereocenters. The molecule has 0 rings (SSSR count). The fourth-order valence-corrected chi connectivity index (χ4v) is 0.609. The molecule has 0 aliphatic rings. The van der Waals surface area contributed by atoms with Gasteiger partial charge in [0.1, 0.15) is 0 Å². The van der Waals surface area contributed by atoms with Gasteiger partial charge < -0.3 is 6.53 Å². The van der Waals surface area contributed by atoms with Crippen LogP contribution >= 0.6 is 0 Å². The third kappa shape index (κ3) is 12.2. The normalized spacial score (nSPS) is 10.7. The molecule has 0 saturated carbocycles. The Morgan fingerprint density at radius 1 is 1.44 bits per heavy atom. The Bertz CT molecular complexity index is 61.1. The molecule has 0 heterocycles. The quantitative estimate of drug-likeness (QED) is 0.502. The molecule has 0 aliphatic carbocycles. The van der Waals surface area contributed by atoms with Gasteiger partial charge in [0.05, 0.1) is 5.60 Å². The molecule has 2 heteroatoms. The molecule has 0 bridgehead atoms. The maximum atomic E-state index is 9.15. The van der Waals surface area contributed by atoms with Gasteiger partial charge in [-0.05, 0) is 20.3 Å². The van der Waals surface area contributed by atoms with Crippen molar-refractivity contribution in [2.45, 2.75) is 45.6 Å². The molecule has 0 aromatic heterocycles. The number of rotatable bonds is 3. The van der Waals surface area contributed by atoms with Crippen LogP contribution in [-0.2, 0) is 0 Å². The van der Waals surface area contributed by atoms with Gasteiger partial charge in [0, 0.05) is 0 Å². The third-order valence-corrected chi connectivity index (χ3v) is 1.14. The minimum absolute atomic E-state index is 0. The van der Waals surface area contributed by atoms with Crippen molar-refractivity contribution in [3.63, 3.8) is 0 Å². The van der Waals surface area contributed by atoms with E-state index >= 15 is 0 Å². The van der Waals surface area contributed by atoms with Crippen molar-refractivity contribution in [1.29, 1.82) is 0 Å². The van der Waals surface area contributed by atoms with Crippen molar-refractivity contribution in [1.82, 2.24) is 0 Å². The van der Waals surface area contributed by atoms with Gasteiger partial charge in [-0.25, -0.2) is 0 Å². The summed E-state index contributed by atoms with van der Waals surface area (Å²) in [6.45, 7) is 5.83. The van der Waals surface area contributed by atoms with E-state index in [1.165, 1.54) is 6.42 Å². The summed E-state index contributed by atoms with van der Waals surface area (Å²) in [6.07, 6.45) is 3.22. The second-order valence-electron chi connectivity index (χ2n) is 2.92. The van der Waals surface area contributed by atoms with Gasteiger partial charge in [-0.2, -0.15) is 0 Å². The Morgan fingerprint density at radius 3 is 2.00 bits per heavy atom. The van der Waals surface area contributed by atoms with E-state index < -0.39 is 5.60 Å². The van der Waals surface area contributed by atoms with Crippen LogP contribution in [0.15, 0.2) is 0 Å². The predicted molar refractivity (Wildman–Crippen MR) is 36.9 cm³/mol. The maximum Gasteiger partial charge on any atom is 1.00 e.